The summed E-state index contributed by atoms with van der Waals surface area (Å²) in [7, 11) is 1.40. The second kappa shape index (κ2) is 7.92. The van der Waals surface area contributed by atoms with E-state index in [9.17, 15) is 25.0 Å². The summed E-state index contributed by atoms with van der Waals surface area (Å²) in [6, 6.07) is 8.31. The molecule has 2 aromatic carbocycles. The first-order valence-corrected chi connectivity index (χ1v) is 7.43. The molecule has 1 amide bonds. The van der Waals surface area contributed by atoms with E-state index < -0.39 is 15.8 Å². The number of hydrogen-bond acceptors (Lipinski definition) is 7. The fourth-order valence-corrected chi connectivity index (χ4v) is 2.21. The zero-order valence-corrected chi connectivity index (χ0v) is 14.0. The zero-order valence-electron chi connectivity index (χ0n) is 14.0. The summed E-state index contributed by atoms with van der Waals surface area (Å²) in [5.41, 5.74) is 0.790. The molecule has 2 aromatic rings. The molecule has 0 fully saturated rings. The molecule has 2 N–H and O–H groups in total. The third-order valence-electron chi connectivity index (χ3n) is 3.52. The van der Waals surface area contributed by atoms with Gasteiger partial charge in [0.25, 0.3) is 11.4 Å². The van der Waals surface area contributed by atoms with Gasteiger partial charge in [0.05, 0.1) is 29.2 Å². The van der Waals surface area contributed by atoms with Crippen LogP contribution < -0.4 is 15.4 Å². The average Bonchev–Trinajstić information content (AvgIpc) is 2.61. The Kier molecular flexibility index (Phi) is 5.68. The first-order valence-electron chi connectivity index (χ1n) is 7.43. The number of carbonyl (C=O) groups excluding carboxylic acids is 1. The summed E-state index contributed by atoms with van der Waals surface area (Å²) in [6.45, 7) is 1.39. The molecule has 0 spiro atoms. The molecule has 0 radical (unpaired) electrons. The highest BCUT2D eigenvalue weighted by Crippen LogP contribution is 2.28. The molecule has 10 heteroatoms. The Morgan fingerprint density at radius 1 is 1.12 bits per heavy atom. The number of carbonyl (C=O) groups is 1. The van der Waals surface area contributed by atoms with Gasteiger partial charge in [-0.05, 0) is 19.1 Å². The van der Waals surface area contributed by atoms with Crippen LogP contribution in [0.5, 0.6) is 5.75 Å². The predicted octanol–water partition coefficient (Wildman–Crippen LogP) is 2.87. The minimum atomic E-state index is -0.559. The number of nitro benzene ring substituents is 2. The standard InChI is InChI=1S/C16H16N4O6/c1-10-3-4-11(7-14(10)20(24)25)18-16(21)9-17-13-8-12(19(22)23)5-6-15(13)26-2/h3-8,17H,9H2,1-2H3,(H,18,21). The van der Waals surface area contributed by atoms with Crippen LogP contribution in [0.3, 0.4) is 0 Å². The third kappa shape index (κ3) is 4.44. The van der Waals surface area contributed by atoms with E-state index in [1.54, 1.807) is 13.0 Å². The number of nitro groups is 2. The lowest BCUT2D eigenvalue weighted by atomic mass is 10.2. The minimum absolute atomic E-state index is 0.101. The van der Waals surface area contributed by atoms with E-state index in [-0.39, 0.29) is 29.3 Å². The number of aryl methyl sites for hydroxylation is 1. The van der Waals surface area contributed by atoms with Crippen molar-refractivity contribution in [1.82, 2.24) is 0 Å². The highest BCUT2D eigenvalue weighted by molar-refractivity contribution is 5.94. The number of methoxy groups -OCH3 is 1. The largest absolute Gasteiger partial charge is 0.495 e. The van der Waals surface area contributed by atoms with E-state index in [2.05, 4.69) is 10.6 Å². The third-order valence-corrected chi connectivity index (χ3v) is 3.52. The van der Waals surface area contributed by atoms with Crippen molar-refractivity contribution in [2.75, 3.05) is 24.3 Å². The Morgan fingerprint density at radius 3 is 2.46 bits per heavy atom. The number of nitrogens with zero attached hydrogens (tertiary/aromatic N) is 2. The van der Waals surface area contributed by atoms with Gasteiger partial charge in [-0.2, -0.15) is 0 Å². The molecule has 0 aliphatic carbocycles. The van der Waals surface area contributed by atoms with Crippen LogP contribution in [0.2, 0.25) is 0 Å². The number of amides is 1. The molecule has 2 rings (SSSR count). The van der Waals surface area contributed by atoms with Crippen molar-refractivity contribution in [2.24, 2.45) is 0 Å². The Morgan fingerprint density at radius 2 is 1.85 bits per heavy atom. The summed E-state index contributed by atoms with van der Waals surface area (Å²) in [6.07, 6.45) is 0. The molecule has 0 saturated heterocycles. The number of benzene rings is 2. The van der Waals surface area contributed by atoms with Gasteiger partial charge in [0, 0.05) is 29.4 Å². The van der Waals surface area contributed by atoms with Crippen molar-refractivity contribution >= 4 is 28.7 Å². The van der Waals surface area contributed by atoms with Crippen molar-refractivity contribution in [3.05, 3.63) is 62.2 Å². The van der Waals surface area contributed by atoms with Crippen molar-refractivity contribution < 1.29 is 19.4 Å². The van der Waals surface area contributed by atoms with E-state index in [1.807, 2.05) is 0 Å². The van der Waals surface area contributed by atoms with Gasteiger partial charge in [-0.15, -0.1) is 0 Å². The summed E-state index contributed by atoms with van der Waals surface area (Å²) in [5, 5.41) is 27.1. The number of rotatable bonds is 7. The summed E-state index contributed by atoms with van der Waals surface area (Å²) >= 11 is 0. The fourth-order valence-electron chi connectivity index (χ4n) is 2.21. The molecule has 0 bridgehead atoms. The maximum atomic E-state index is 12.1. The smallest absolute Gasteiger partial charge is 0.274 e. The maximum absolute atomic E-state index is 12.1. The van der Waals surface area contributed by atoms with Crippen LogP contribution in [0.1, 0.15) is 5.56 Å². The lowest BCUT2D eigenvalue weighted by Gasteiger charge is -2.11. The number of ether oxygens (including phenoxy) is 1. The van der Waals surface area contributed by atoms with Gasteiger partial charge in [-0.1, -0.05) is 6.07 Å². The number of nitrogens with one attached hydrogen (secondary N) is 2. The minimum Gasteiger partial charge on any atom is -0.495 e. The van der Waals surface area contributed by atoms with Crippen molar-refractivity contribution in [1.29, 1.82) is 0 Å². The first kappa shape index (κ1) is 18.6. The van der Waals surface area contributed by atoms with E-state index >= 15 is 0 Å². The van der Waals surface area contributed by atoms with Crippen LogP contribution in [0.15, 0.2) is 36.4 Å². The summed E-state index contributed by atoms with van der Waals surface area (Å²) < 4.78 is 5.09. The van der Waals surface area contributed by atoms with E-state index in [4.69, 9.17) is 4.74 Å². The highest BCUT2D eigenvalue weighted by atomic mass is 16.6. The number of hydrogen-bond donors (Lipinski definition) is 2. The van der Waals surface area contributed by atoms with E-state index in [0.29, 0.717) is 11.3 Å². The van der Waals surface area contributed by atoms with Crippen LogP contribution in [-0.4, -0.2) is 29.4 Å². The SMILES string of the molecule is COc1ccc([N+](=O)[O-])cc1NCC(=O)Nc1ccc(C)c([N+](=O)[O-])c1. The number of anilines is 2. The first-order chi connectivity index (χ1) is 12.3. The van der Waals surface area contributed by atoms with Gasteiger partial charge in [0.1, 0.15) is 5.75 Å². The summed E-state index contributed by atoms with van der Waals surface area (Å²) in [5.74, 6) is -0.133. The van der Waals surface area contributed by atoms with Crippen molar-refractivity contribution in [3.8, 4) is 5.75 Å². The molecule has 0 unspecified atom stereocenters. The molecule has 0 saturated carbocycles. The zero-order chi connectivity index (χ0) is 19.3. The molecule has 136 valence electrons. The molecule has 10 nitrogen and oxygen atoms in total. The Labute approximate surface area is 148 Å². The quantitative estimate of drug-likeness (QED) is 0.572. The number of non-ortho nitro benzene ring substituents is 1. The van der Waals surface area contributed by atoms with Gasteiger partial charge in [-0.25, -0.2) is 0 Å². The normalized spacial score (nSPS) is 10.1. The molecule has 0 heterocycles. The van der Waals surface area contributed by atoms with Crippen molar-refractivity contribution in [3.63, 3.8) is 0 Å². The lowest BCUT2D eigenvalue weighted by molar-refractivity contribution is -0.385. The van der Waals surface area contributed by atoms with Gasteiger partial charge in [0.2, 0.25) is 5.91 Å². The molecule has 26 heavy (non-hydrogen) atoms. The molecule has 0 aliphatic heterocycles. The Bertz CT molecular complexity index is 868. The maximum Gasteiger partial charge on any atom is 0.274 e. The lowest BCUT2D eigenvalue weighted by Crippen LogP contribution is -2.22. The van der Waals surface area contributed by atoms with Gasteiger partial charge in [-0.3, -0.25) is 25.0 Å². The summed E-state index contributed by atoms with van der Waals surface area (Å²) in [4.78, 5) is 32.8. The monoisotopic (exact) mass is 360 g/mol. The molecule has 0 aromatic heterocycles. The fraction of sp³-hybridized carbons (Fsp3) is 0.188. The van der Waals surface area contributed by atoms with Gasteiger partial charge < -0.3 is 15.4 Å². The van der Waals surface area contributed by atoms with E-state index in [0.717, 1.165) is 0 Å². The predicted molar refractivity (Wildman–Crippen MR) is 94.6 cm³/mol. The van der Waals surface area contributed by atoms with Gasteiger partial charge >= 0.3 is 0 Å². The highest BCUT2D eigenvalue weighted by Gasteiger charge is 2.14. The molecular weight excluding hydrogens is 344 g/mol. The molecular formula is C16H16N4O6. The second-order valence-electron chi connectivity index (χ2n) is 5.30. The molecule has 0 aliphatic rings. The Hall–Kier alpha value is -3.69. The van der Waals surface area contributed by atoms with Crippen LogP contribution in [-0.2, 0) is 4.79 Å². The van der Waals surface area contributed by atoms with E-state index in [1.165, 1.54) is 37.4 Å². The second-order valence-corrected chi connectivity index (χ2v) is 5.30. The molecule has 0 atom stereocenters. The van der Waals surface area contributed by atoms with Crippen LogP contribution in [0, 0.1) is 27.2 Å². The van der Waals surface area contributed by atoms with Crippen LogP contribution >= 0.6 is 0 Å². The average molecular weight is 360 g/mol. The topological polar surface area (TPSA) is 137 Å². The van der Waals surface area contributed by atoms with Crippen LogP contribution in [0.4, 0.5) is 22.7 Å². The van der Waals surface area contributed by atoms with Crippen LogP contribution in [0.25, 0.3) is 0 Å². The Balaban J connectivity index is 2.07. The van der Waals surface area contributed by atoms with Gasteiger partial charge in [0.15, 0.2) is 0 Å². The van der Waals surface area contributed by atoms with Crippen molar-refractivity contribution in [2.45, 2.75) is 6.92 Å².